The van der Waals surface area contributed by atoms with Gasteiger partial charge in [-0.15, -0.1) is 0 Å². The third-order valence-electron chi connectivity index (χ3n) is 5.08. The molecule has 0 aliphatic carbocycles. The van der Waals surface area contributed by atoms with E-state index in [9.17, 15) is 9.59 Å². The number of carbonyl (C=O) groups excluding carboxylic acids is 2. The third-order valence-corrected chi connectivity index (χ3v) is 6.26. The van der Waals surface area contributed by atoms with Crippen molar-refractivity contribution in [2.75, 3.05) is 19.0 Å². The highest BCUT2D eigenvalue weighted by molar-refractivity contribution is 9.10. The van der Waals surface area contributed by atoms with Crippen LogP contribution in [0.15, 0.2) is 64.2 Å². The number of hydrogen-bond donors (Lipinski definition) is 2. The fourth-order valence-corrected chi connectivity index (χ4v) is 4.31. The van der Waals surface area contributed by atoms with Crippen molar-refractivity contribution in [3.63, 3.8) is 0 Å². The van der Waals surface area contributed by atoms with Gasteiger partial charge in [0.25, 0.3) is 0 Å². The van der Waals surface area contributed by atoms with Gasteiger partial charge in [-0.1, -0.05) is 41.4 Å². The molecule has 0 aromatic heterocycles. The summed E-state index contributed by atoms with van der Waals surface area (Å²) in [6, 6.07) is 15.7. The highest BCUT2D eigenvalue weighted by atomic mass is 79.9. The zero-order chi connectivity index (χ0) is 27.5. The second kappa shape index (κ2) is 14.6. The minimum atomic E-state index is -0.402. The van der Waals surface area contributed by atoms with E-state index >= 15 is 0 Å². The fourth-order valence-electron chi connectivity index (χ4n) is 3.28. The number of nitrogens with one attached hydrogen (secondary N) is 2. The van der Waals surface area contributed by atoms with Crippen LogP contribution in [-0.2, 0) is 16.2 Å². The Morgan fingerprint density at radius 2 is 1.76 bits per heavy atom. The molecule has 38 heavy (non-hydrogen) atoms. The SMILES string of the molecule is CCOc1cc(C=NNC(=O)CCC(=O)Nc2ccccc2OC)cc(Br)c1OCc1ccc(Cl)cc1Cl. The first-order chi connectivity index (χ1) is 18.3. The number of rotatable bonds is 12. The number of halogens is 3. The van der Waals surface area contributed by atoms with Crippen LogP contribution in [0.4, 0.5) is 5.69 Å². The van der Waals surface area contributed by atoms with Gasteiger partial charge in [0.2, 0.25) is 11.8 Å². The van der Waals surface area contributed by atoms with Gasteiger partial charge in [0, 0.05) is 28.5 Å². The molecule has 200 valence electrons. The number of methoxy groups -OCH3 is 1. The lowest BCUT2D eigenvalue weighted by atomic mass is 10.2. The van der Waals surface area contributed by atoms with Crippen molar-refractivity contribution >= 4 is 62.8 Å². The van der Waals surface area contributed by atoms with E-state index in [0.29, 0.717) is 49.6 Å². The third kappa shape index (κ3) is 8.65. The van der Waals surface area contributed by atoms with Gasteiger partial charge in [-0.2, -0.15) is 5.10 Å². The van der Waals surface area contributed by atoms with Crippen LogP contribution in [0.5, 0.6) is 17.2 Å². The molecule has 11 heteroatoms. The molecule has 3 rings (SSSR count). The molecule has 0 aliphatic heterocycles. The Morgan fingerprint density at radius 3 is 2.50 bits per heavy atom. The predicted molar refractivity (Wildman–Crippen MR) is 153 cm³/mol. The molecular weight excluding hydrogens is 597 g/mol. The van der Waals surface area contributed by atoms with Gasteiger partial charge >= 0.3 is 0 Å². The average molecular weight is 623 g/mol. The Labute approximate surface area is 239 Å². The van der Waals surface area contributed by atoms with E-state index in [1.165, 1.54) is 13.3 Å². The molecule has 0 heterocycles. The van der Waals surface area contributed by atoms with Crippen LogP contribution in [0.2, 0.25) is 10.0 Å². The topological polar surface area (TPSA) is 98.2 Å². The van der Waals surface area contributed by atoms with Crippen LogP contribution in [0.3, 0.4) is 0 Å². The molecule has 0 atom stereocenters. The Morgan fingerprint density at radius 1 is 1.00 bits per heavy atom. The zero-order valence-electron chi connectivity index (χ0n) is 20.7. The predicted octanol–water partition coefficient (Wildman–Crippen LogP) is 6.61. The Kier molecular flexibility index (Phi) is 11.3. The highest BCUT2D eigenvalue weighted by Crippen LogP contribution is 2.37. The Balaban J connectivity index is 1.56. The first-order valence-corrected chi connectivity index (χ1v) is 13.1. The smallest absolute Gasteiger partial charge is 0.240 e. The molecule has 0 bridgehead atoms. The molecule has 3 aromatic carbocycles. The maximum atomic E-state index is 12.2. The van der Waals surface area contributed by atoms with E-state index < -0.39 is 5.91 Å². The molecule has 3 aromatic rings. The van der Waals surface area contributed by atoms with Gasteiger partial charge in [-0.05, 0) is 64.8 Å². The molecule has 0 fully saturated rings. The number of hydrazone groups is 1. The minimum Gasteiger partial charge on any atom is -0.495 e. The standard InChI is InChI=1S/C27H26BrCl2N3O5/c1-3-37-24-13-17(12-20(28)27(24)38-16-18-8-9-19(29)14-21(18)30)15-31-33-26(35)11-10-25(34)32-22-6-4-5-7-23(22)36-2/h4-9,12-15H,3,10-11,16H2,1-2H3,(H,32,34)(H,33,35). The summed E-state index contributed by atoms with van der Waals surface area (Å²) >= 11 is 15.7. The van der Waals surface area contributed by atoms with Crippen molar-refractivity contribution < 1.29 is 23.8 Å². The molecule has 8 nitrogen and oxygen atoms in total. The number of ether oxygens (including phenoxy) is 3. The Bertz CT molecular complexity index is 1320. The first kappa shape index (κ1) is 29.3. The lowest BCUT2D eigenvalue weighted by Crippen LogP contribution is -2.20. The van der Waals surface area contributed by atoms with Crippen molar-refractivity contribution in [1.82, 2.24) is 5.43 Å². The highest BCUT2D eigenvalue weighted by Gasteiger charge is 2.14. The number of anilines is 1. The molecular formula is C27H26BrCl2N3O5. The molecule has 0 spiro atoms. The van der Waals surface area contributed by atoms with E-state index in [0.717, 1.165) is 5.56 Å². The quantitative estimate of drug-likeness (QED) is 0.175. The molecule has 0 aliphatic rings. The summed E-state index contributed by atoms with van der Waals surface area (Å²) in [4.78, 5) is 24.4. The van der Waals surface area contributed by atoms with E-state index in [4.69, 9.17) is 37.4 Å². The van der Waals surface area contributed by atoms with Gasteiger partial charge in [0.05, 0.1) is 30.1 Å². The summed E-state index contributed by atoms with van der Waals surface area (Å²) < 4.78 is 17.6. The van der Waals surface area contributed by atoms with Crippen LogP contribution in [0.25, 0.3) is 0 Å². The van der Waals surface area contributed by atoms with Crippen molar-refractivity contribution in [3.05, 3.63) is 80.2 Å². The summed E-state index contributed by atoms with van der Waals surface area (Å²) in [6.07, 6.45) is 1.43. The van der Waals surface area contributed by atoms with Crippen LogP contribution >= 0.6 is 39.1 Å². The van der Waals surface area contributed by atoms with Gasteiger partial charge in [-0.3, -0.25) is 9.59 Å². The molecule has 2 amide bonds. The van der Waals surface area contributed by atoms with E-state index in [1.807, 2.05) is 6.92 Å². The van der Waals surface area contributed by atoms with Gasteiger partial charge in [-0.25, -0.2) is 5.43 Å². The van der Waals surface area contributed by atoms with Crippen molar-refractivity contribution in [3.8, 4) is 17.2 Å². The number of carbonyl (C=O) groups is 2. The van der Waals surface area contributed by atoms with Crippen LogP contribution in [0.1, 0.15) is 30.9 Å². The van der Waals surface area contributed by atoms with Crippen LogP contribution < -0.4 is 25.0 Å². The monoisotopic (exact) mass is 621 g/mol. The van der Waals surface area contributed by atoms with Crippen molar-refractivity contribution in [2.45, 2.75) is 26.4 Å². The molecule has 0 radical (unpaired) electrons. The second-order valence-electron chi connectivity index (χ2n) is 7.83. The molecule has 2 N–H and O–H groups in total. The summed E-state index contributed by atoms with van der Waals surface area (Å²) in [5, 5.41) is 7.77. The Hall–Kier alpha value is -3.27. The summed E-state index contributed by atoms with van der Waals surface area (Å²) in [7, 11) is 1.52. The second-order valence-corrected chi connectivity index (χ2v) is 9.53. The van der Waals surface area contributed by atoms with E-state index in [2.05, 4.69) is 31.8 Å². The molecule has 0 saturated carbocycles. The minimum absolute atomic E-state index is 0.0108. The van der Waals surface area contributed by atoms with Crippen molar-refractivity contribution in [2.24, 2.45) is 5.10 Å². The van der Waals surface area contributed by atoms with Crippen molar-refractivity contribution in [1.29, 1.82) is 0 Å². The average Bonchev–Trinajstić information content (AvgIpc) is 2.88. The maximum Gasteiger partial charge on any atom is 0.240 e. The lowest BCUT2D eigenvalue weighted by Gasteiger charge is -2.15. The number of hydrogen-bond acceptors (Lipinski definition) is 6. The molecule has 0 saturated heterocycles. The number of amides is 2. The number of para-hydroxylation sites is 2. The number of benzene rings is 3. The van der Waals surface area contributed by atoms with Gasteiger partial charge in [0.15, 0.2) is 11.5 Å². The largest absolute Gasteiger partial charge is 0.495 e. The number of nitrogens with zero attached hydrogens (tertiary/aromatic N) is 1. The van der Waals surface area contributed by atoms with Crippen LogP contribution in [0, 0.1) is 0 Å². The normalized spacial score (nSPS) is 10.8. The summed E-state index contributed by atoms with van der Waals surface area (Å²) in [5.41, 5.74) is 4.40. The first-order valence-electron chi connectivity index (χ1n) is 11.6. The van der Waals surface area contributed by atoms with Gasteiger partial charge < -0.3 is 19.5 Å². The fraction of sp³-hybridized carbons (Fsp3) is 0.222. The zero-order valence-corrected chi connectivity index (χ0v) is 23.8. The summed E-state index contributed by atoms with van der Waals surface area (Å²) in [6.45, 7) is 2.49. The van der Waals surface area contributed by atoms with E-state index in [1.54, 1.807) is 54.6 Å². The van der Waals surface area contributed by atoms with Gasteiger partial charge in [0.1, 0.15) is 12.4 Å². The lowest BCUT2D eigenvalue weighted by molar-refractivity contribution is -0.124. The van der Waals surface area contributed by atoms with Crippen LogP contribution in [-0.4, -0.2) is 31.7 Å². The molecule has 0 unspecified atom stereocenters. The maximum absolute atomic E-state index is 12.2. The van der Waals surface area contributed by atoms with E-state index in [-0.39, 0.29) is 25.4 Å². The summed E-state index contributed by atoms with van der Waals surface area (Å²) in [5.74, 6) is 0.820.